The number of aromatic hydroxyl groups is 2. The lowest BCUT2D eigenvalue weighted by molar-refractivity contribution is -0.121. The Morgan fingerprint density at radius 2 is 2.08 bits per heavy atom. The molecule has 7 heteroatoms. The Morgan fingerprint density at radius 3 is 2.62 bits per heavy atom. The average molecular weight is 342 g/mol. The van der Waals surface area contributed by atoms with Crippen LogP contribution in [0.2, 0.25) is 0 Å². The lowest BCUT2D eigenvalue weighted by Crippen LogP contribution is -2.53. The van der Waals surface area contributed by atoms with Crippen molar-refractivity contribution in [2.45, 2.75) is 51.1 Å². The summed E-state index contributed by atoms with van der Waals surface area (Å²) < 4.78 is 27.0. The molecule has 3 atom stereocenters. The van der Waals surface area contributed by atoms with Gasteiger partial charge in [0, 0.05) is 31.0 Å². The molecule has 0 bridgehead atoms. The molecule has 0 radical (unpaired) electrons. The van der Waals surface area contributed by atoms with Crippen molar-refractivity contribution in [3.8, 4) is 11.5 Å². The number of rotatable bonds is 6. The van der Waals surface area contributed by atoms with Crippen LogP contribution in [0, 0.1) is 5.92 Å². The van der Waals surface area contributed by atoms with Gasteiger partial charge in [0.25, 0.3) is 0 Å². The van der Waals surface area contributed by atoms with Gasteiger partial charge in [-0.2, -0.15) is 0 Å². The monoisotopic (exact) mass is 342 g/mol. The van der Waals surface area contributed by atoms with Crippen molar-refractivity contribution < 1.29 is 23.8 Å². The minimum atomic E-state index is -2.50. The van der Waals surface area contributed by atoms with E-state index in [0.717, 1.165) is 0 Å². The second-order valence-electron chi connectivity index (χ2n) is 6.24. The van der Waals surface area contributed by atoms with Gasteiger partial charge in [0.05, 0.1) is 0 Å². The highest BCUT2D eigenvalue weighted by atomic mass is 19.3. The lowest BCUT2D eigenvalue weighted by Gasteiger charge is -2.35. The van der Waals surface area contributed by atoms with Crippen LogP contribution in [-0.4, -0.2) is 41.2 Å². The van der Waals surface area contributed by atoms with Gasteiger partial charge in [-0.15, -0.1) is 0 Å². The van der Waals surface area contributed by atoms with Crippen molar-refractivity contribution in [2.75, 3.05) is 6.54 Å². The minimum absolute atomic E-state index is 0.0234. The maximum Gasteiger partial charge on any atom is 0.243 e. The summed E-state index contributed by atoms with van der Waals surface area (Å²) in [6, 6.07) is 3.79. The number of phenolic OH excluding ortho intramolecular Hbond substituents is 2. The van der Waals surface area contributed by atoms with E-state index in [1.54, 1.807) is 6.92 Å². The molecule has 24 heavy (non-hydrogen) atoms. The highest BCUT2D eigenvalue weighted by Crippen LogP contribution is 2.29. The summed E-state index contributed by atoms with van der Waals surface area (Å²) in [4.78, 5) is 11.4. The number of phenols is 2. The second-order valence-corrected chi connectivity index (χ2v) is 6.24. The third-order valence-electron chi connectivity index (χ3n) is 4.49. The molecule has 1 aromatic carbocycles. The van der Waals surface area contributed by atoms with Crippen LogP contribution in [0.4, 0.5) is 8.78 Å². The Bertz CT molecular complexity index is 561. The summed E-state index contributed by atoms with van der Waals surface area (Å²) in [5.41, 5.74) is 0.554. The fraction of sp³-hybridized carbons (Fsp3) is 0.588. The molecular formula is C17H24F2N2O3. The van der Waals surface area contributed by atoms with Gasteiger partial charge >= 0.3 is 0 Å². The van der Waals surface area contributed by atoms with E-state index in [9.17, 15) is 23.8 Å². The van der Waals surface area contributed by atoms with E-state index in [1.165, 1.54) is 18.2 Å². The van der Waals surface area contributed by atoms with Crippen molar-refractivity contribution in [2.24, 2.45) is 5.92 Å². The van der Waals surface area contributed by atoms with Gasteiger partial charge in [0.15, 0.2) is 11.5 Å². The molecule has 0 spiro atoms. The van der Waals surface area contributed by atoms with Crippen LogP contribution < -0.4 is 10.6 Å². The summed E-state index contributed by atoms with van der Waals surface area (Å²) in [6.07, 6.45) is -0.777. The predicted molar refractivity (Wildman–Crippen MR) is 86.2 cm³/mol. The van der Waals surface area contributed by atoms with Gasteiger partial charge in [-0.1, -0.05) is 13.0 Å². The first-order valence-electron chi connectivity index (χ1n) is 8.22. The zero-order valence-electron chi connectivity index (χ0n) is 13.6. The number of amides is 1. The molecule has 1 unspecified atom stereocenters. The molecule has 1 amide bonds. The smallest absolute Gasteiger partial charge is 0.243 e. The summed E-state index contributed by atoms with van der Waals surface area (Å²) in [5.74, 6) is -1.50. The van der Waals surface area contributed by atoms with Crippen LogP contribution in [0.15, 0.2) is 18.2 Å². The van der Waals surface area contributed by atoms with Crippen LogP contribution in [0.5, 0.6) is 11.5 Å². The van der Waals surface area contributed by atoms with Crippen LogP contribution in [0.1, 0.15) is 31.7 Å². The third kappa shape index (κ3) is 4.80. The first-order chi connectivity index (χ1) is 11.4. The summed E-state index contributed by atoms with van der Waals surface area (Å²) >= 11 is 0. The average Bonchev–Trinajstić information content (AvgIpc) is 2.56. The van der Waals surface area contributed by atoms with Crippen molar-refractivity contribution >= 4 is 5.91 Å². The molecule has 1 aromatic rings. The van der Waals surface area contributed by atoms with Crippen molar-refractivity contribution in [1.29, 1.82) is 0 Å². The Kier molecular flexibility index (Phi) is 6.36. The molecular weight excluding hydrogens is 318 g/mol. The SMILES string of the molecule is CCC(=O)N[C@H]1CC[C@@H](C(Cc2ccc(O)c(O)c2)C(F)F)NC1. The maximum absolute atomic E-state index is 13.5. The van der Waals surface area contributed by atoms with Crippen molar-refractivity contribution in [1.82, 2.24) is 10.6 Å². The molecule has 1 fully saturated rings. The molecule has 1 aliphatic rings. The normalized spacial score (nSPS) is 22.3. The highest BCUT2D eigenvalue weighted by Gasteiger charge is 2.33. The van der Waals surface area contributed by atoms with E-state index in [4.69, 9.17) is 0 Å². The number of halogens is 2. The van der Waals surface area contributed by atoms with E-state index in [0.29, 0.717) is 31.4 Å². The van der Waals surface area contributed by atoms with Gasteiger partial charge in [0.2, 0.25) is 12.3 Å². The largest absolute Gasteiger partial charge is 0.504 e. The number of hydrogen-bond donors (Lipinski definition) is 4. The Morgan fingerprint density at radius 1 is 1.33 bits per heavy atom. The number of benzene rings is 1. The topological polar surface area (TPSA) is 81.6 Å². The molecule has 1 heterocycles. The van der Waals surface area contributed by atoms with Crippen LogP contribution in [0.3, 0.4) is 0 Å². The lowest BCUT2D eigenvalue weighted by atomic mass is 9.86. The molecule has 1 saturated heterocycles. The van der Waals surface area contributed by atoms with Crippen molar-refractivity contribution in [3.63, 3.8) is 0 Å². The number of nitrogens with one attached hydrogen (secondary N) is 2. The first kappa shape index (κ1) is 18.4. The summed E-state index contributed by atoms with van der Waals surface area (Å²) in [6.45, 7) is 2.24. The molecule has 5 nitrogen and oxygen atoms in total. The van der Waals surface area contributed by atoms with Gasteiger partial charge < -0.3 is 20.8 Å². The Balaban J connectivity index is 1.96. The molecule has 1 aliphatic heterocycles. The van der Waals surface area contributed by atoms with Gasteiger partial charge in [-0.05, 0) is 37.0 Å². The number of carbonyl (C=O) groups excluding carboxylic acids is 1. The molecule has 4 N–H and O–H groups in total. The number of alkyl halides is 2. The molecule has 0 aromatic heterocycles. The van der Waals surface area contributed by atoms with Crippen LogP contribution in [0.25, 0.3) is 0 Å². The van der Waals surface area contributed by atoms with Gasteiger partial charge in [0.1, 0.15) is 0 Å². The fourth-order valence-electron chi connectivity index (χ4n) is 3.07. The highest BCUT2D eigenvalue weighted by molar-refractivity contribution is 5.75. The van der Waals surface area contributed by atoms with E-state index < -0.39 is 12.3 Å². The zero-order chi connectivity index (χ0) is 17.7. The minimum Gasteiger partial charge on any atom is -0.504 e. The molecule has 134 valence electrons. The van der Waals surface area contributed by atoms with Gasteiger partial charge in [-0.3, -0.25) is 4.79 Å². The first-order valence-corrected chi connectivity index (χ1v) is 8.22. The number of piperidine rings is 1. The third-order valence-corrected chi connectivity index (χ3v) is 4.49. The maximum atomic E-state index is 13.5. The summed E-state index contributed by atoms with van der Waals surface area (Å²) in [5, 5.41) is 24.8. The number of hydrogen-bond acceptors (Lipinski definition) is 4. The van der Waals surface area contributed by atoms with E-state index in [2.05, 4.69) is 10.6 Å². The van der Waals surface area contributed by atoms with Crippen LogP contribution >= 0.6 is 0 Å². The van der Waals surface area contributed by atoms with E-state index in [-0.39, 0.29) is 35.9 Å². The molecule has 0 aliphatic carbocycles. The van der Waals surface area contributed by atoms with Gasteiger partial charge in [-0.25, -0.2) is 8.78 Å². The Labute approximate surface area is 140 Å². The molecule has 2 rings (SSSR count). The number of carbonyl (C=O) groups is 1. The van der Waals surface area contributed by atoms with E-state index >= 15 is 0 Å². The van der Waals surface area contributed by atoms with E-state index in [1.807, 2.05) is 0 Å². The fourth-order valence-corrected chi connectivity index (χ4v) is 3.07. The Hall–Kier alpha value is -1.89. The molecule has 0 saturated carbocycles. The van der Waals surface area contributed by atoms with Crippen molar-refractivity contribution in [3.05, 3.63) is 23.8 Å². The zero-order valence-corrected chi connectivity index (χ0v) is 13.6. The predicted octanol–water partition coefficient (Wildman–Crippen LogP) is 2.17. The van der Waals surface area contributed by atoms with Crippen LogP contribution in [-0.2, 0) is 11.2 Å². The summed E-state index contributed by atoms with van der Waals surface area (Å²) in [7, 11) is 0. The standard InChI is InChI=1S/C17H24F2N2O3/c1-2-16(24)21-11-4-5-13(20-9-11)12(17(18)19)7-10-3-6-14(22)15(23)8-10/h3,6,8,11-13,17,20,22-23H,2,4-5,7,9H2,1H3,(H,21,24)/t11-,12?,13-/m0/s1. The quantitative estimate of drug-likeness (QED) is 0.597. The second kappa shape index (κ2) is 8.28.